The van der Waals surface area contributed by atoms with Gasteiger partial charge in [0, 0.05) is 25.4 Å². The fourth-order valence-corrected chi connectivity index (χ4v) is 2.30. The smallest absolute Gasteiger partial charge is 0.240 e. The van der Waals surface area contributed by atoms with Crippen LogP contribution in [0.15, 0.2) is 29.2 Å². The first-order chi connectivity index (χ1) is 8.49. The highest BCUT2D eigenvalue weighted by Crippen LogP contribution is 2.16. The van der Waals surface area contributed by atoms with Crippen LogP contribution in [0.2, 0.25) is 0 Å². The molecule has 1 unspecified atom stereocenters. The van der Waals surface area contributed by atoms with Crippen molar-refractivity contribution >= 4 is 15.7 Å². The van der Waals surface area contributed by atoms with Crippen LogP contribution in [0.5, 0.6) is 0 Å². The van der Waals surface area contributed by atoms with Gasteiger partial charge in [0.05, 0.1) is 4.90 Å². The van der Waals surface area contributed by atoms with E-state index < -0.39 is 10.0 Å². The number of hydrogen-bond acceptors (Lipinski definition) is 4. The van der Waals surface area contributed by atoms with Crippen molar-refractivity contribution in [1.29, 1.82) is 0 Å². The minimum atomic E-state index is -3.39. The lowest BCUT2D eigenvalue weighted by Gasteiger charge is -2.15. The third-order valence-electron chi connectivity index (χ3n) is 2.58. The van der Waals surface area contributed by atoms with E-state index in [9.17, 15) is 8.42 Å². The van der Waals surface area contributed by atoms with Crippen LogP contribution in [0.4, 0.5) is 5.69 Å². The highest BCUT2D eigenvalue weighted by Gasteiger charge is 2.11. The molecule has 0 aromatic heterocycles. The number of rotatable bonds is 7. The molecule has 0 spiro atoms. The van der Waals surface area contributed by atoms with Crippen LogP contribution < -0.4 is 10.0 Å². The van der Waals surface area contributed by atoms with Crippen LogP contribution in [0, 0.1) is 0 Å². The van der Waals surface area contributed by atoms with E-state index in [2.05, 4.69) is 10.0 Å². The van der Waals surface area contributed by atoms with Gasteiger partial charge < -0.3 is 10.1 Å². The number of anilines is 1. The van der Waals surface area contributed by atoms with Gasteiger partial charge >= 0.3 is 0 Å². The van der Waals surface area contributed by atoms with E-state index in [1.807, 2.05) is 13.0 Å². The minimum absolute atomic E-state index is 0.220. The van der Waals surface area contributed by atoms with Gasteiger partial charge in [-0.05, 0) is 38.6 Å². The summed E-state index contributed by atoms with van der Waals surface area (Å²) in [4.78, 5) is 0.258. The second kappa shape index (κ2) is 6.72. The molecule has 0 fully saturated rings. The second-order valence-corrected chi connectivity index (χ2v) is 5.95. The monoisotopic (exact) mass is 272 g/mol. The highest BCUT2D eigenvalue weighted by atomic mass is 32.2. The molecule has 1 rings (SSSR count). The normalized spacial score (nSPS) is 13.3. The molecule has 18 heavy (non-hydrogen) atoms. The molecule has 0 bridgehead atoms. The maximum absolute atomic E-state index is 11.7. The molecule has 0 heterocycles. The fraction of sp³-hybridized carbons (Fsp3) is 0.500. The van der Waals surface area contributed by atoms with Gasteiger partial charge in [0.15, 0.2) is 0 Å². The van der Waals surface area contributed by atoms with E-state index in [-0.39, 0.29) is 10.9 Å². The molecule has 102 valence electrons. The number of hydrogen-bond donors (Lipinski definition) is 2. The highest BCUT2D eigenvalue weighted by molar-refractivity contribution is 7.89. The van der Waals surface area contributed by atoms with Gasteiger partial charge in [-0.15, -0.1) is 0 Å². The van der Waals surface area contributed by atoms with Crippen LogP contribution in [0.3, 0.4) is 0 Å². The molecule has 0 aliphatic rings. The summed E-state index contributed by atoms with van der Waals surface area (Å²) in [6.07, 6.45) is 0.861. The van der Waals surface area contributed by atoms with Crippen molar-refractivity contribution in [2.24, 2.45) is 0 Å². The predicted octanol–water partition coefficient (Wildman–Crippen LogP) is 1.43. The molecule has 1 atom stereocenters. The van der Waals surface area contributed by atoms with E-state index in [4.69, 9.17) is 4.74 Å². The van der Waals surface area contributed by atoms with Gasteiger partial charge in [0.25, 0.3) is 0 Å². The van der Waals surface area contributed by atoms with Crippen molar-refractivity contribution < 1.29 is 13.2 Å². The van der Waals surface area contributed by atoms with Gasteiger partial charge in [-0.3, -0.25) is 0 Å². The minimum Gasteiger partial charge on any atom is -0.385 e. The van der Waals surface area contributed by atoms with Crippen molar-refractivity contribution in [3.05, 3.63) is 24.3 Å². The van der Waals surface area contributed by atoms with E-state index in [0.29, 0.717) is 6.61 Å². The Kier molecular flexibility index (Phi) is 5.58. The number of nitrogens with one attached hydrogen (secondary N) is 2. The Morgan fingerprint density at radius 2 is 2.11 bits per heavy atom. The topological polar surface area (TPSA) is 67.4 Å². The second-order valence-electron chi connectivity index (χ2n) is 4.06. The lowest BCUT2D eigenvalue weighted by molar-refractivity contribution is 0.191. The van der Waals surface area contributed by atoms with E-state index >= 15 is 0 Å². The molecule has 0 radical (unpaired) electrons. The van der Waals surface area contributed by atoms with Crippen molar-refractivity contribution in [3.8, 4) is 0 Å². The standard InChI is InChI=1S/C12H20N2O3S/c1-10(7-8-17-3)14-11-5-4-6-12(9-11)18(15,16)13-2/h4-6,9-10,13-14H,7-8H2,1-3H3. The molecule has 6 heteroatoms. The maximum atomic E-state index is 11.7. The Morgan fingerprint density at radius 1 is 1.39 bits per heavy atom. The third kappa shape index (κ3) is 4.29. The largest absolute Gasteiger partial charge is 0.385 e. The molecule has 0 amide bonds. The van der Waals surface area contributed by atoms with Crippen molar-refractivity contribution in [3.63, 3.8) is 0 Å². The summed E-state index contributed by atoms with van der Waals surface area (Å²) in [5.41, 5.74) is 0.787. The molecule has 0 aliphatic heterocycles. The summed E-state index contributed by atoms with van der Waals surface area (Å²) in [6.45, 7) is 2.70. The first-order valence-electron chi connectivity index (χ1n) is 5.78. The lowest BCUT2D eigenvalue weighted by atomic mass is 10.2. The van der Waals surface area contributed by atoms with E-state index in [0.717, 1.165) is 12.1 Å². The first kappa shape index (κ1) is 14.9. The molecule has 1 aromatic carbocycles. The Labute approximate surface area is 109 Å². The van der Waals surface area contributed by atoms with Gasteiger partial charge in [-0.1, -0.05) is 6.07 Å². The molecule has 2 N–H and O–H groups in total. The van der Waals surface area contributed by atoms with Crippen molar-refractivity contribution in [2.45, 2.75) is 24.3 Å². The Balaban J connectivity index is 2.77. The lowest BCUT2D eigenvalue weighted by Crippen LogP contribution is -2.20. The first-order valence-corrected chi connectivity index (χ1v) is 7.27. The molecular weight excluding hydrogens is 252 g/mol. The van der Waals surface area contributed by atoms with Gasteiger partial charge in [-0.25, -0.2) is 13.1 Å². The Morgan fingerprint density at radius 3 is 2.72 bits per heavy atom. The number of methoxy groups -OCH3 is 1. The average Bonchev–Trinajstić information content (AvgIpc) is 2.36. The summed E-state index contributed by atoms with van der Waals surface area (Å²) in [6, 6.07) is 6.97. The van der Waals surface area contributed by atoms with E-state index in [1.54, 1.807) is 25.3 Å². The summed E-state index contributed by atoms with van der Waals surface area (Å²) < 4.78 is 30.6. The molecular formula is C12H20N2O3S. The van der Waals surface area contributed by atoms with Crippen LogP contribution in [0.1, 0.15) is 13.3 Å². The summed E-state index contributed by atoms with van der Waals surface area (Å²) in [7, 11) is -0.329. The van der Waals surface area contributed by atoms with Crippen LogP contribution >= 0.6 is 0 Å². The summed E-state index contributed by atoms with van der Waals surface area (Å²) in [5.74, 6) is 0. The zero-order valence-corrected chi connectivity index (χ0v) is 11.8. The molecule has 0 saturated carbocycles. The Hall–Kier alpha value is -1.11. The Bertz CT molecular complexity index is 474. The molecule has 0 saturated heterocycles. The summed E-state index contributed by atoms with van der Waals surface area (Å²) in [5, 5.41) is 3.24. The predicted molar refractivity (Wildman–Crippen MR) is 72.3 cm³/mol. The number of benzene rings is 1. The third-order valence-corrected chi connectivity index (χ3v) is 3.99. The SMILES string of the molecule is CNS(=O)(=O)c1cccc(NC(C)CCOC)c1. The summed E-state index contributed by atoms with van der Waals surface area (Å²) >= 11 is 0. The van der Waals surface area contributed by atoms with Crippen molar-refractivity contribution in [2.75, 3.05) is 26.1 Å². The fourth-order valence-electron chi connectivity index (χ4n) is 1.52. The maximum Gasteiger partial charge on any atom is 0.240 e. The zero-order valence-electron chi connectivity index (χ0n) is 10.9. The quantitative estimate of drug-likeness (QED) is 0.788. The van der Waals surface area contributed by atoms with Crippen molar-refractivity contribution in [1.82, 2.24) is 4.72 Å². The van der Waals surface area contributed by atoms with Gasteiger partial charge in [0.2, 0.25) is 10.0 Å². The molecule has 5 nitrogen and oxygen atoms in total. The van der Waals surface area contributed by atoms with Gasteiger partial charge in [0.1, 0.15) is 0 Å². The number of ether oxygens (including phenoxy) is 1. The zero-order chi connectivity index (χ0) is 13.6. The molecule has 1 aromatic rings. The van der Waals surface area contributed by atoms with Crippen LogP contribution in [0.25, 0.3) is 0 Å². The van der Waals surface area contributed by atoms with Crippen LogP contribution in [-0.2, 0) is 14.8 Å². The van der Waals surface area contributed by atoms with E-state index in [1.165, 1.54) is 7.05 Å². The number of sulfonamides is 1. The van der Waals surface area contributed by atoms with Crippen LogP contribution in [-0.4, -0.2) is 35.2 Å². The van der Waals surface area contributed by atoms with Gasteiger partial charge in [-0.2, -0.15) is 0 Å². The molecule has 0 aliphatic carbocycles. The average molecular weight is 272 g/mol.